The van der Waals surface area contributed by atoms with Crippen LogP contribution in [-0.4, -0.2) is 27.1 Å². The Morgan fingerprint density at radius 2 is 2.21 bits per heavy atom. The Kier molecular flexibility index (Phi) is 4.28. The summed E-state index contributed by atoms with van der Waals surface area (Å²) in [5.41, 5.74) is 2.17. The lowest BCUT2D eigenvalue weighted by Crippen LogP contribution is -2.29. The Morgan fingerprint density at radius 3 is 2.95 bits per heavy atom. The summed E-state index contributed by atoms with van der Waals surface area (Å²) in [6.07, 6.45) is 5.78. The molecule has 0 aromatic carbocycles. The molecular formula is C14H17N3O2. The number of carboxylic acids is 1. The maximum Gasteiger partial charge on any atom is 0.326 e. The number of fused-ring (bicyclic) bond motifs is 1. The molecule has 1 atom stereocenters. The molecular weight excluding hydrogens is 242 g/mol. The summed E-state index contributed by atoms with van der Waals surface area (Å²) in [7, 11) is 0. The zero-order valence-corrected chi connectivity index (χ0v) is 10.8. The number of hydrogen-bond donors (Lipinski definition) is 2. The van der Waals surface area contributed by atoms with Gasteiger partial charge < -0.3 is 10.4 Å². The van der Waals surface area contributed by atoms with Crippen LogP contribution in [0.1, 0.15) is 26.2 Å². The molecule has 5 nitrogen and oxygen atoms in total. The summed E-state index contributed by atoms with van der Waals surface area (Å²) in [4.78, 5) is 19.7. The van der Waals surface area contributed by atoms with Crippen molar-refractivity contribution in [1.29, 1.82) is 0 Å². The first kappa shape index (κ1) is 13.3. The zero-order chi connectivity index (χ0) is 13.7. The van der Waals surface area contributed by atoms with E-state index < -0.39 is 12.0 Å². The van der Waals surface area contributed by atoms with Gasteiger partial charge in [0.05, 0.1) is 11.2 Å². The van der Waals surface area contributed by atoms with E-state index in [1.807, 2.05) is 19.1 Å². The molecule has 0 fully saturated rings. The van der Waals surface area contributed by atoms with Gasteiger partial charge in [0.1, 0.15) is 11.6 Å². The zero-order valence-electron chi connectivity index (χ0n) is 10.8. The second kappa shape index (κ2) is 6.13. The van der Waals surface area contributed by atoms with Crippen LogP contribution in [0, 0.1) is 0 Å². The molecule has 0 amide bonds. The maximum absolute atomic E-state index is 11.2. The number of nitrogens with zero attached hydrogens (tertiary/aromatic N) is 2. The molecule has 2 heterocycles. The average molecular weight is 259 g/mol. The first-order chi connectivity index (χ1) is 9.22. The third-order valence-corrected chi connectivity index (χ3v) is 2.97. The third-order valence-electron chi connectivity index (χ3n) is 2.97. The Hall–Kier alpha value is -2.17. The third kappa shape index (κ3) is 3.19. The number of pyridine rings is 2. The molecule has 0 aliphatic carbocycles. The van der Waals surface area contributed by atoms with Crippen LogP contribution in [-0.2, 0) is 4.79 Å². The number of anilines is 1. The van der Waals surface area contributed by atoms with Gasteiger partial charge in [-0.3, -0.25) is 9.97 Å². The second-order valence-electron chi connectivity index (χ2n) is 4.41. The van der Waals surface area contributed by atoms with Gasteiger partial charge in [-0.25, -0.2) is 4.79 Å². The fourth-order valence-corrected chi connectivity index (χ4v) is 1.95. The Morgan fingerprint density at radius 1 is 1.37 bits per heavy atom. The molecule has 0 saturated carbocycles. The molecule has 0 saturated heterocycles. The van der Waals surface area contributed by atoms with Crippen LogP contribution in [0.3, 0.4) is 0 Å². The molecule has 5 heteroatoms. The number of carboxylic acid groups (broad SMARTS) is 1. The van der Waals surface area contributed by atoms with Crippen LogP contribution in [0.25, 0.3) is 11.0 Å². The summed E-state index contributed by atoms with van der Waals surface area (Å²) in [6.45, 7) is 2.04. The van der Waals surface area contributed by atoms with Gasteiger partial charge in [-0.2, -0.15) is 0 Å². The van der Waals surface area contributed by atoms with Gasteiger partial charge in [0.15, 0.2) is 0 Å². The van der Waals surface area contributed by atoms with Gasteiger partial charge in [0.25, 0.3) is 0 Å². The quantitative estimate of drug-likeness (QED) is 0.834. The van der Waals surface area contributed by atoms with Crippen LogP contribution in [0.2, 0.25) is 0 Å². The molecule has 2 aromatic heterocycles. The minimum Gasteiger partial charge on any atom is -0.480 e. The fourth-order valence-electron chi connectivity index (χ4n) is 1.95. The van der Waals surface area contributed by atoms with Crippen molar-refractivity contribution < 1.29 is 9.90 Å². The van der Waals surface area contributed by atoms with Crippen molar-refractivity contribution in [1.82, 2.24) is 9.97 Å². The first-order valence-corrected chi connectivity index (χ1v) is 6.41. The maximum atomic E-state index is 11.2. The first-order valence-electron chi connectivity index (χ1n) is 6.41. The van der Waals surface area contributed by atoms with Gasteiger partial charge in [0, 0.05) is 12.4 Å². The van der Waals surface area contributed by atoms with Crippen molar-refractivity contribution in [2.24, 2.45) is 0 Å². The standard InChI is InChI=1S/C14H17N3O2/c1-2-3-5-12(14(18)19)17-11-7-9-15-10-6-4-8-16-13(10)11/h4,6-9,12H,2-3,5H2,1H3,(H,15,17)(H,18,19)/t12-/m0/s1. The fraction of sp³-hybridized carbons (Fsp3) is 0.357. The minimum absolute atomic E-state index is 0.590. The van der Waals surface area contributed by atoms with Crippen LogP contribution in [0.4, 0.5) is 5.69 Å². The highest BCUT2D eigenvalue weighted by Crippen LogP contribution is 2.20. The molecule has 2 rings (SSSR count). The van der Waals surface area contributed by atoms with E-state index in [4.69, 9.17) is 0 Å². The van der Waals surface area contributed by atoms with E-state index in [1.165, 1.54) is 0 Å². The smallest absolute Gasteiger partial charge is 0.326 e. The van der Waals surface area contributed by atoms with Crippen molar-refractivity contribution in [3.8, 4) is 0 Å². The molecule has 2 aromatic rings. The molecule has 0 bridgehead atoms. The molecule has 19 heavy (non-hydrogen) atoms. The molecule has 0 spiro atoms. The van der Waals surface area contributed by atoms with Crippen molar-refractivity contribution in [2.45, 2.75) is 32.2 Å². The summed E-state index contributed by atoms with van der Waals surface area (Å²) >= 11 is 0. The lowest BCUT2D eigenvalue weighted by atomic mass is 10.1. The largest absolute Gasteiger partial charge is 0.480 e. The number of rotatable bonds is 6. The van der Waals surface area contributed by atoms with E-state index in [9.17, 15) is 9.90 Å². The number of aliphatic carboxylic acids is 1. The van der Waals surface area contributed by atoms with Gasteiger partial charge in [-0.05, 0) is 24.6 Å². The number of nitrogens with one attached hydrogen (secondary N) is 1. The van der Waals surface area contributed by atoms with Crippen LogP contribution in [0.5, 0.6) is 0 Å². The number of aromatic nitrogens is 2. The van der Waals surface area contributed by atoms with Gasteiger partial charge in [-0.15, -0.1) is 0 Å². The predicted molar refractivity (Wildman–Crippen MR) is 74.1 cm³/mol. The van der Waals surface area contributed by atoms with Crippen LogP contribution in [0.15, 0.2) is 30.6 Å². The highest BCUT2D eigenvalue weighted by Gasteiger charge is 2.17. The Bertz CT molecular complexity index is 566. The van der Waals surface area contributed by atoms with Crippen molar-refractivity contribution in [3.63, 3.8) is 0 Å². The summed E-state index contributed by atoms with van der Waals surface area (Å²) in [5.74, 6) is -0.839. The van der Waals surface area contributed by atoms with Gasteiger partial charge >= 0.3 is 5.97 Å². The predicted octanol–water partition coefficient (Wildman–Crippen LogP) is 2.69. The van der Waals surface area contributed by atoms with Gasteiger partial charge in [0.2, 0.25) is 0 Å². The number of unbranched alkanes of at least 4 members (excludes halogenated alkanes) is 1. The SMILES string of the molecule is CCCC[C@H](Nc1ccnc2cccnc12)C(=O)O. The van der Waals surface area contributed by atoms with Crippen molar-refractivity contribution in [3.05, 3.63) is 30.6 Å². The molecule has 100 valence electrons. The summed E-state index contributed by atoms with van der Waals surface area (Å²) in [5, 5.41) is 12.3. The molecule has 0 aliphatic rings. The number of carbonyl (C=O) groups is 1. The van der Waals surface area contributed by atoms with Crippen LogP contribution >= 0.6 is 0 Å². The van der Waals surface area contributed by atoms with Crippen molar-refractivity contribution >= 4 is 22.7 Å². The second-order valence-corrected chi connectivity index (χ2v) is 4.41. The lowest BCUT2D eigenvalue weighted by Gasteiger charge is -2.16. The van der Waals surface area contributed by atoms with E-state index in [2.05, 4.69) is 15.3 Å². The molecule has 0 aliphatic heterocycles. The normalized spacial score (nSPS) is 12.3. The Balaban J connectivity index is 2.26. The molecule has 2 N–H and O–H groups in total. The van der Waals surface area contributed by atoms with E-state index in [-0.39, 0.29) is 0 Å². The highest BCUT2D eigenvalue weighted by molar-refractivity contribution is 5.89. The summed E-state index contributed by atoms with van der Waals surface area (Å²) in [6, 6.07) is 4.84. The van der Waals surface area contributed by atoms with Crippen LogP contribution < -0.4 is 5.32 Å². The van der Waals surface area contributed by atoms with Crippen molar-refractivity contribution in [2.75, 3.05) is 5.32 Å². The molecule has 0 radical (unpaired) electrons. The Labute approximate surface area is 111 Å². The topological polar surface area (TPSA) is 75.1 Å². The van der Waals surface area contributed by atoms with Gasteiger partial charge in [-0.1, -0.05) is 19.8 Å². The van der Waals surface area contributed by atoms with E-state index in [0.29, 0.717) is 17.6 Å². The monoisotopic (exact) mass is 259 g/mol. The van der Waals surface area contributed by atoms with E-state index >= 15 is 0 Å². The van der Waals surface area contributed by atoms with E-state index in [0.717, 1.165) is 18.4 Å². The minimum atomic E-state index is -0.839. The summed E-state index contributed by atoms with van der Waals surface area (Å²) < 4.78 is 0. The number of hydrogen-bond acceptors (Lipinski definition) is 4. The average Bonchev–Trinajstić information content (AvgIpc) is 2.43. The van der Waals surface area contributed by atoms with E-state index in [1.54, 1.807) is 18.5 Å². The lowest BCUT2D eigenvalue weighted by molar-refractivity contribution is -0.138. The highest BCUT2D eigenvalue weighted by atomic mass is 16.4. The molecule has 0 unspecified atom stereocenters.